The first-order valence-corrected chi connectivity index (χ1v) is 8.48. The van der Waals surface area contributed by atoms with Crippen LogP contribution in [0.3, 0.4) is 0 Å². The number of carbonyl (C=O) groups is 4. The molecule has 0 bridgehead atoms. The van der Waals surface area contributed by atoms with Gasteiger partial charge in [0.1, 0.15) is 12.1 Å². The molecule has 0 spiro atoms. The molecule has 0 aromatic carbocycles. The molecule has 0 unspecified atom stereocenters. The Kier molecular flexibility index (Phi) is 11.6. The van der Waals surface area contributed by atoms with Crippen molar-refractivity contribution in [3.63, 3.8) is 0 Å². The van der Waals surface area contributed by atoms with Crippen molar-refractivity contribution in [2.24, 2.45) is 11.5 Å². The van der Waals surface area contributed by atoms with Gasteiger partial charge in [-0.3, -0.25) is 14.4 Å². The second-order valence-corrected chi connectivity index (χ2v) is 5.83. The van der Waals surface area contributed by atoms with Gasteiger partial charge >= 0.3 is 11.9 Å². The van der Waals surface area contributed by atoms with Crippen LogP contribution in [0, 0.1) is 0 Å². The molecule has 144 valence electrons. The van der Waals surface area contributed by atoms with Crippen molar-refractivity contribution in [1.82, 2.24) is 10.6 Å². The molecule has 0 fully saturated rings. The number of thiol groups is 1. The Morgan fingerprint density at radius 3 is 2.04 bits per heavy atom. The van der Waals surface area contributed by atoms with Crippen LogP contribution >= 0.6 is 12.6 Å². The van der Waals surface area contributed by atoms with Crippen LogP contribution < -0.4 is 22.1 Å². The van der Waals surface area contributed by atoms with Crippen LogP contribution in [0.2, 0.25) is 0 Å². The molecule has 0 radical (unpaired) electrons. The predicted octanol–water partition coefficient (Wildman–Crippen LogP) is -1.71. The number of rotatable bonds is 13. The third-order valence-corrected chi connectivity index (χ3v) is 3.75. The van der Waals surface area contributed by atoms with Gasteiger partial charge in [-0.2, -0.15) is 12.6 Å². The summed E-state index contributed by atoms with van der Waals surface area (Å²) in [6.45, 7) is 0.412. The van der Waals surface area contributed by atoms with Gasteiger partial charge in [-0.25, -0.2) is 4.79 Å². The Morgan fingerprint density at radius 1 is 0.960 bits per heavy atom. The lowest BCUT2D eigenvalue weighted by atomic mass is 10.1. The van der Waals surface area contributed by atoms with Gasteiger partial charge in [0.2, 0.25) is 11.8 Å². The monoisotopic (exact) mass is 378 g/mol. The zero-order valence-corrected chi connectivity index (χ0v) is 14.7. The van der Waals surface area contributed by atoms with Gasteiger partial charge in [0, 0.05) is 12.2 Å². The Labute approximate surface area is 151 Å². The molecule has 25 heavy (non-hydrogen) atoms. The third-order valence-electron chi connectivity index (χ3n) is 3.38. The first-order chi connectivity index (χ1) is 11.7. The molecule has 10 nitrogen and oxygen atoms in total. The number of carbonyl (C=O) groups excluding carboxylic acids is 2. The van der Waals surface area contributed by atoms with E-state index >= 15 is 0 Å². The SMILES string of the molecule is NCCCC[C@H](NC(=O)[C@@H](N)CCC(=O)O)C(=O)N[C@@H](CS)C(=O)O. The van der Waals surface area contributed by atoms with Gasteiger partial charge in [0.15, 0.2) is 0 Å². The summed E-state index contributed by atoms with van der Waals surface area (Å²) in [4.78, 5) is 45.8. The first kappa shape index (κ1) is 23.1. The minimum absolute atomic E-state index is 0.0767. The van der Waals surface area contributed by atoms with E-state index in [1.807, 2.05) is 0 Å². The van der Waals surface area contributed by atoms with Crippen LogP contribution in [0.4, 0.5) is 0 Å². The van der Waals surface area contributed by atoms with Gasteiger partial charge in [0.05, 0.1) is 6.04 Å². The molecule has 8 N–H and O–H groups in total. The van der Waals surface area contributed by atoms with Crippen LogP contribution in [-0.4, -0.2) is 64.4 Å². The standard InChI is InChI=1S/C14H26N4O6S/c15-6-2-1-3-9(13(22)18-10(7-25)14(23)24)17-12(21)8(16)4-5-11(19)20/h8-10,25H,1-7,15-16H2,(H,17,21)(H,18,22)(H,19,20)(H,23,24)/t8-,9-,10-/m0/s1. The summed E-state index contributed by atoms with van der Waals surface area (Å²) in [6, 6.07) is -3.26. The lowest BCUT2D eigenvalue weighted by molar-refractivity contribution is -0.141. The Balaban J connectivity index is 4.84. The van der Waals surface area contributed by atoms with Gasteiger partial charge in [0.25, 0.3) is 0 Å². The van der Waals surface area contributed by atoms with Gasteiger partial charge in [-0.05, 0) is 32.2 Å². The second kappa shape index (κ2) is 12.5. The fraction of sp³-hybridized carbons (Fsp3) is 0.714. The van der Waals surface area contributed by atoms with Crippen molar-refractivity contribution >= 4 is 36.4 Å². The molecule has 0 heterocycles. The smallest absolute Gasteiger partial charge is 0.327 e. The molecule has 0 saturated heterocycles. The largest absolute Gasteiger partial charge is 0.481 e. The van der Waals surface area contributed by atoms with Gasteiger partial charge in [-0.1, -0.05) is 0 Å². The molecule has 3 atom stereocenters. The number of nitrogens with one attached hydrogen (secondary N) is 2. The molecular weight excluding hydrogens is 352 g/mol. The summed E-state index contributed by atoms with van der Waals surface area (Å²) in [5.41, 5.74) is 11.0. The number of carboxylic acids is 2. The molecule has 0 saturated carbocycles. The van der Waals surface area contributed by atoms with Crippen LogP contribution in [0.15, 0.2) is 0 Å². The summed E-state index contributed by atoms with van der Waals surface area (Å²) >= 11 is 3.86. The minimum Gasteiger partial charge on any atom is -0.481 e. The van der Waals surface area contributed by atoms with Gasteiger partial charge in [-0.15, -0.1) is 0 Å². The average molecular weight is 378 g/mol. The summed E-state index contributed by atoms with van der Waals surface area (Å²) < 4.78 is 0. The van der Waals surface area contributed by atoms with E-state index in [4.69, 9.17) is 21.7 Å². The van der Waals surface area contributed by atoms with Crippen molar-refractivity contribution in [1.29, 1.82) is 0 Å². The number of nitrogens with two attached hydrogens (primary N) is 2. The van der Waals surface area contributed by atoms with Crippen molar-refractivity contribution in [2.75, 3.05) is 12.3 Å². The highest BCUT2D eigenvalue weighted by molar-refractivity contribution is 7.80. The maximum absolute atomic E-state index is 12.2. The lowest BCUT2D eigenvalue weighted by Gasteiger charge is -2.22. The normalized spacial score (nSPS) is 14.2. The molecule has 0 aliphatic carbocycles. The van der Waals surface area contributed by atoms with E-state index in [1.165, 1.54) is 0 Å². The molecule has 11 heteroatoms. The van der Waals surface area contributed by atoms with Gasteiger partial charge < -0.3 is 32.3 Å². The second-order valence-electron chi connectivity index (χ2n) is 5.47. The zero-order chi connectivity index (χ0) is 19.4. The highest BCUT2D eigenvalue weighted by Crippen LogP contribution is 2.04. The third kappa shape index (κ3) is 9.89. The first-order valence-electron chi connectivity index (χ1n) is 7.84. The minimum atomic E-state index is -1.24. The van der Waals surface area contributed by atoms with Crippen molar-refractivity contribution in [2.45, 2.75) is 50.2 Å². The van der Waals surface area contributed by atoms with Crippen molar-refractivity contribution in [3.8, 4) is 0 Å². The van der Waals surface area contributed by atoms with E-state index in [-0.39, 0.29) is 25.0 Å². The number of aliphatic carboxylic acids is 2. The average Bonchev–Trinajstić information content (AvgIpc) is 2.55. The molecule has 0 aliphatic heterocycles. The Bertz CT molecular complexity index is 476. The van der Waals surface area contributed by atoms with E-state index in [0.29, 0.717) is 19.4 Å². The molecule has 0 aromatic heterocycles. The summed E-state index contributed by atoms with van der Waals surface area (Å²) in [5, 5.41) is 22.3. The number of amides is 2. The van der Waals surface area contributed by atoms with Crippen LogP contribution in [0.25, 0.3) is 0 Å². The van der Waals surface area contributed by atoms with Crippen LogP contribution in [-0.2, 0) is 19.2 Å². The number of hydrogen-bond acceptors (Lipinski definition) is 7. The fourth-order valence-corrected chi connectivity index (χ4v) is 2.16. The van der Waals surface area contributed by atoms with E-state index < -0.39 is 41.9 Å². The van der Waals surface area contributed by atoms with Crippen molar-refractivity contribution < 1.29 is 29.4 Å². The summed E-state index contributed by atoms with van der Waals surface area (Å²) in [7, 11) is 0. The zero-order valence-electron chi connectivity index (χ0n) is 13.8. The van der Waals surface area contributed by atoms with Crippen LogP contribution in [0.5, 0.6) is 0 Å². The Hall–Kier alpha value is -1.85. The molecule has 0 rings (SSSR count). The number of carboxylic acid groups (broad SMARTS) is 2. The molecule has 0 aliphatic rings. The van der Waals surface area contributed by atoms with Crippen LogP contribution in [0.1, 0.15) is 32.1 Å². The number of hydrogen-bond donors (Lipinski definition) is 7. The van der Waals surface area contributed by atoms with E-state index in [1.54, 1.807) is 0 Å². The number of unbranched alkanes of at least 4 members (excludes halogenated alkanes) is 1. The topological polar surface area (TPSA) is 185 Å². The summed E-state index contributed by atoms with van der Waals surface area (Å²) in [6.07, 6.45) is 1.06. The molecule has 0 aromatic rings. The van der Waals surface area contributed by atoms with E-state index in [9.17, 15) is 19.2 Å². The molecular formula is C14H26N4O6S. The quantitative estimate of drug-likeness (QED) is 0.146. The molecule has 2 amide bonds. The van der Waals surface area contributed by atoms with E-state index in [2.05, 4.69) is 23.3 Å². The van der Waals surface area contributed by atoms with E-state index in [0.717, 1.165) is 0 Å². The highest BCUT2D eigenvalue weighted by Gasteiger charge is 2.27. The maximum Gasteiger partial charge on any atom is 0.327 e. The maximum atomic E-state index is 12.2. The Morgan fingerprint density at radius 2 is 1.56 bits per heavy atom. The highest BCUT2D eigenvalue weighted by atomic mass is 32.1. The summed E-state index contributed by atoms with van der Waals surface area (Å²) in [5.74, 6) is -3.78. The van der Waals surface area contributed by atoms with Crippen molar-refractivity contribution in [3.05, 3.63) is 0 Å². The fourth-order valence-electron chi connectivity index (χ4n) is 1.91. The predicted molar refractivity (Wildman–Crippen MR) is 93.1 cm³/mol. The lowest BCUT2D eigenvalue weighted by Crippen LogP contribution is -2.54.